The van der Waals surface area contributed by atoms with Crippen molar-refractivity contribution in [2.24, 2.45) is 0 Å². The van der Waals surface area contributed by atoms with Crippen molar-refractivity contribution < 1.29 is 5.11 Å². The summed E-state index contributed by atoms with van der Waals surface area (Å²) in [7, 11) is 0. The van der Waals surface area contributed by atoms with E-state index in [0.29, 0.717) is 0 Å². The second-order valence-corrected chi connectivity index (χ2v) is 2.70. The predicted molar refractivity (Wildman–Crippen MR) is 48.7 cm³/mol. The number of rotatable bonds is 1. The molecule has 0 atom stereocenters. The first-order chi connectivity index (χ1) is 5.92. The third kappa shape index (κ3) is 1.08. The third-order valence-corrected chi connectivity index (χ3v) is 1.96. The van der Waals surface area contributed by atoms with Gasteiger partial charge in [-0.3, -0.25) is 0 Å². The molecule has 1 nitrogen and oxygen atoms in total. The molecule has 1 radical (unpaired) electrons. The van der Waals surface area contributed by atoms with Crippen molar-refractivity contribution in [2.45, 2.75) is 6.61 Å². The zero-order valence-corrected chi connectivity index (χ0v) is 6.62. The summed E-state index contributed by atoms with van der Waals surface area (Å²) in [6.07, 6.45) is 0. The Morgan fingerprint density at radius 1 is 1.17 bits per heavy atom. The Morgan fingerprint density at radius 3 is 2.83 bits per heavy atom. The van der Waals surface area contributed by atoms with Gasteiger partial charge in [-0.15, -0.1) is 0 Å². The van der Waals surface area contributed by atoms with E-state index in [1.807, 2.05) is 36.4 Å². The summed E-state index contributed by atoms with van der Waals surface area (Å²) in [6.45, 7) is 0.0569. The van der Waals surface area contributed by atoms with Crippen LogP contribution in [0.5, 0.6) is 0 Å². The number of hydrogen-bond donors (Lipinski definition) is 1. The van der Waals surface area contributed by atoms with E-state index in [4.69, 9.17) is 5.11 Å². The Morgan fingerprint density at radius 2 is 2.00 bits per heavy atom. The molecule has 2 rings (SSSR count). The first kappa shape index (κ1) is 7.32. The van der Waals surface area contributed by atoms with Crippen LogP contribution < -0.4 is 0 Å². The lowest BCUT2D eigenvalue weighted by Gasteiger charge is -2.01. The molecular weight excluding hydrogens is 148 g/mol. The minimum Gasteiger partial charge on any atom is -0.392 e. The highest BCUT2D eigenvalue weighted by atomic mass is 16.3. The summed E-state index contributed by atoms with van der Waals surface area (Å²) >= 11 is 0. The second-order valence-electron chi connectivity index (χ2n) is 2.70. The topological polar surface area (TPSA) is 20.2 Å². The maximum atomic E-state index is 9.00. The normalized spacial score (nSPS) is 10.4. The minimum atomic E-state index is 0.0569. The number of benzene rings is 2. The number of hydrogen-bond acceptors (Lipinski definition) is 1. The summed E-state index contributed by atoms with van der Waals surface area (Å²) in [5.74, 6) is 0. The fraction of sp³-hybridized carbons (Fsp3) is 0.0909. The van der Waals surface area contributed by atoms with Gasteiger partial charge in [0.2, 0.25) is 0 Å². The van der Waals surface area contributed by atoms with Gasteiger partial charge in [-0.2, -0.15) is 0 Å². The molecule has 0 unspecified atom stereocenters. The number of aliphatic hydroxyl groups excluding tert-OH is 1. The standard InChI is InChI=1S/C11H9O/c12-8-10-6-3-5-9-4-1-2-7-11(9)10/h1-5,7,12H,8H2. The van der Waals surface area contributed by atoms with Crippen LogP contribution in [0.15, 0.2) is 36.4 Å². The van der Waals surface area contributed by atoms with Crippen molar-refractivity contribution in [3.63, 3.8) is 0 Å². The number of fused-ring (bicyclic) bond motifs is 1. The molecule has 0 aliphatic heterocycles. The Balaban J connectivity index is 2.79. The maximum Gasteiger partial charge on any atom is 0.0693 e. The highest BCUT2D eigenvalue weighted by Crippen LogP contribution is 2.17. The Bertz CT molecular complexity index is 388. The molecule has 0 saturated carbocycles. The molecule has 12 heavy (non-hydrogen) atoms. The zero-order chi connectivity index (χ0) is 8.39. The average Bonchev–Trinajstić information content (AvgIpc) is 2.17. The fourth-order valence-corrected chi connectivity index (χ4v) is 1.36. The van der Waals surface area contributed by atoms with Crippen molar-refractivity contribution in [3.05, 3.63) is 48.0 Å². The van der Waals surface area contributed by atoms with Crippen LogP contribution in [0.3, 0.4) is 0 Å². The monoisotopic (exact) mass is 157 g/mol. The van der Waals surface area contributed by atoms with Gasteiger partial charge in [-0.05, 0) is 22.4 Å². The molecule has 0 aromatic heterocycles. The molecule has 2 aromatic carbocycles. The maximum absolute atomic E-state index is 9.00. The van der Waals surface area contributed by atoms with Crippen molar-refractivity contribution in [2.75, 3.05) is 0 Å². The Kier molecular flexibility index (Phi) is 1.80. The van der Waals surface area contributed by atoms with Crippen LogP contribution in [0.4, 0.5) is 0 Å². The molecule has 0 aliphatic carbocycles. The molecule has 0 bridgehead atoms. The predicted octanol–water partition coefficient (Wildman–Crippen LogP) is 2.13. The summed E-state index contributed by atoms with van der Waals surface area (Å²) in [5.41, 5.74) is 0.869. The van der Waals surface area contributed by atoms with E-state index in [-0.39, 0.29) is 6.61 Å². The van der Waals surface area contributed by atoms with Gasteiger partial charge < -0.3 is 5.11 Å². The minimum absolute atomic E-state index is 0.0569. The van der Waals surface area contributed by atoms with Crippen molar-refractivity contribution in [3.8, 4) is 0 Å². The lowest BCUT2D eigenvalue weighted by molar-refractivity contribution is 0.283. The molecule has 0 heterocycles. The van der Waals surface area contributed by atoms with Gasteiger partial charge in [0.05, 0.1) is 6.61 Å². The SMILES string of the molecule is OCc1[c]ccc2ccccc12. The van der Waals surface area contributed by atoms with Crippen LogP contribution in [0.25, 0.3) is 10.8 Å². The van der Waals surface area contributed by atoms with Crippen LogP contribution in [0.2, 0.25) is 0 Å². The van der Waals surface area contributed by atoms with E-state index in [2.05, 4.69) is 6.07 Å². The molecule has 2 aromatic rings. The highest BCUT2D eigenvalue weighted by Gasteiger charge is 1.96. The van der Waals surface area contributed by atoms with E-state index in [0.717, 1.165) is 16.3 Å². The molecule has 0 fully saturated rings. The molecule has 0 aliphatic rings. The molecule has 0 amide bonds. The van der Waals surface area contributed by atoms with Gasteiger partial charge in [-0.25, -0.2) is 0 Å². The van der Waals surface area contributed by atoms with E-state index < -0.39 is 0 Å². The van der Waals surface area contributed by atoms with Crippen LogP contribution in [-0.2, 0) is 6.61 Å². The molecule has 59 valence electrons. The summed E-state index contributed by atoms with van der Waals surface area (Å²) in [5, 5.41) is 11.2. The summed E-state index contributed by atoms with van der Waals surface area (Å²) in [4.78, 5) is 0. The second kappa shape index (κ2) is 2.95. The van der Waals surface area contributed by atoms with E-state index in [1.54, 1.807) is 0 Å². The van der Waals surface area contributed by atoms with Gasteiger partial charge in [0, 0.05) is 0 Å². The molecule has 1 heteroatoms. The van der Waals surface area contributed by atoms with Crippen molar-refractivity contribution in [1.29, 1.82) is 0 Å². The van der Waals surface area contributed by atoms with Crippen molar-refractivity contribution in [1.82, 2.24) is 0 Å². The average molecular weight is 157 g/mol. The molecule has 0 spiro atoms. The van der Waals surface area contributed by atoms with Crippen LogP contribution in [0, 0.1) is 6.07 Å². The van der Waals surface area contributed by atoms with Crippen LogP contribution in [0.1, 0.15) is 5.56 Å². The van der Waals surface area contributed by atoms with E-state index >= 15 is 0 Å². The third-order valence-electron chi connectivity index (χ3n) is 1.96. The smallest absolute Gasteiger partial charge is 0.0693 e. The fourth-order valence-electron chi connectivity index (χ4n) is 1.36. The first-order valence-electron chi connectivity index (χ1n) is 3.91. The lowest BCUT2D eigenvalue weighted by atomic mass is 10.1. The van der Waals surface area contributed by atoms with E-state index in [9.17, 15) is 0 Å². The van der Waals surface area contributed by atoms with Gasteiger partial charge in [0.15, 0.2) is 0 Å². The summed E-state index contributed by atoms with van der Waals surface area (Å²) in [6, 6.07) is 14.8. The molecule has 1 N–H and O–H groups in total. The van der Waals surface area contributed by atoms with Gasteiger partial charge in [0.25, 0.3) is 0 Å². The van der Waals surface area contributed by atoms with Gasteiger partial charge >= 0.3 is 0 Å². The zero-order valence-electron chi connectivity index (χ0n) is 6.62. The van der Waals surface area contributed by atoms with E-state index in [1.165, 1.54) is 0 Å². The van der Waals surface area contributed by atoms with Crippen molar-refractivity contribution >= 4 is 10.8 Å². The Labute approximate surface area is 71.3 Å². The first-order valence-corrected chi connectivity index (χ1v) is 3.91. The van der Waals surface area contributed by atoms with Crippen LogP contribution >= 0.6 is 0 Å². The highest BCUT2D eigenvalue weighted by molar-refractivity contribution is 5.85. The Hall–Kier alpha value is -1.34. The van der Waals surface area contributed by atoms with Gasteiger partial charge in [0.1, 0.15) is 0 Å². The number of aliphatic hydroxyl groups is 1. The summed E-state index contributed by atoms with van der Waals surface area (Å²) < 4.78 is 0. The molecular formula is C11H9O. The molecule has 0 saturated heterocycles. The lowest BCUT2D eigenvalue weighted by Crippen LogP contribution is -1.84. The van der Waals surface area contributed by atoms with Crippen LogP contribution in [-0.4, -0.2) is 5.11 Å². The quantitative estimate of drug-likeness (QED) is 0.672. The van der Waals surface area contributed by atoms with Gasteiger partial charge in [-0.1, -0.05) is 36.4 Å². The largest absolute Gasteiger partial charge is 0.392 e.